The monoisotopic (exact) mass is 275 g/mol. The maximum atomic E-state index is 13.3. The van der Waals surface area contributed by atoms with E-state index in [1.54, 1.807) is 19.1 Å². The molecule has 2 rings (SSSR count). The van der Waals surface area contributed by atoms with Crippen molar-refractivity contribution in [3.05, 3.63) is 41.5 Å². The fraction of sp³-hybridized carbons (Fsp3) is 0.286. The Morgan fingerprint density at radius 3 is 2.65 bits per heavy atom. The molecule has 1 heterocycles. The average molecular weight is 275 g/mol. The average Bonchev–Trinajstić information content (AvgIpc) is 2.45. The fourth-order valence-electron chi connectivity index (χ4n) is 1.99. The molecule has 0 atom stereocenters. The first-order valence-electron chi connectivity index (χ1n) is 6.49. The lowest BCUT2D eigenvalue weighted by molar-refractivity contribution is 0.619. The van der Waals surface area contributed by atoms with Gasteiger partial charge in [-0.1, -0.05) is 13.3 Å². The number of anilines is 3. The molecule has 0 spiro atoms. The number of aryl methyl sites for hydroxylation is 1. The van der Waals surface area contributed by atoms with Crippen LogP contribution in [0.5, 0.6) is 0 Å². The van der Waals surface area contributed by atoms with E-state index in [4.69, 9.17) is 5.84 Å². The summed E-state index contributed by atoms with van der Waals surface area (Å²) in [7, 11) is 0. The number of nitrogens with zero attached hydrogens (tertiary/aromatic N) is 2. The van der Waals surface area contributed by atoms with Gasteiger partial charge in [0.1, 0.15) is 23.8 Å². The minimum absolute atomic E-state index is 0.226. The van der Waals surface area contributed by atoms with Gasteiger partial charge >= 0.3 is 0 Å². The molecule has 0 amide bonds. The summed E-state index contributed by atoms with van der Waals surface area (Å²) in [6.07, 6.45) is 3.18. The Bertz CT molecular complexity index is 600. The molecule has 20 heavy (non-hydrogen) atoms. The summed E-state index contributed by atoms with van der Waals surface area (Å²) < 4.78 is 13.3. The standard InChI is InChI=1S/C14H18FN5/c1-3-4-11-13(17-8-18-14(11)20-16)19-10-5-6-12(15)9(2)7-10/h5-8H,3-4,16H2,1-2H3,(H2,17,18,19,20). The summed E-state index contributed by atoms with van der Waals surface area (Å²) in [5.74, 6) is 6.53. The summed E-state index contributed by atoms with van der Waals surface area (Å²) in [6, 6.07) is 4.85. The smallest absolute Gasteiger partial charge is 0.148 e. The van der Waals surface area contributed by atoms with Gasteiger partial charge in [0.2, 0.25) is 0 Å². The van der Waals surface area contributed by atoms with Gasteiger partial charge in [0.15, 0.2) is 0 Å². The Hall–Kier alpha value is -2.21. The zero-order valence-electron chi connectivity index (χ0n) is 11.6. The molecular weight excluding hydrogens is 257 g/mol. The second kappa shape index (κ2) is 6.29. The minimum Gasteiger partial charge on any atom is -0.340 e. The minimum atomic E-state index is -0.226. The van der Waals surface area contributed by atoms with Crippen molar-refractivity contribution < 1.29 is 4.39 Å². The van der Waals surface area contributed by atoms with Gasteiger partial charge in [-0.15, -0.1) is 0 Å². The number of aromatic nitrogens is 2. The van der Waals surface area contributed by atoms with Crippen LogP contribution in [0.2, 0.25) is 0 Å². The number of hydrogen-bond acceptors (Lipinski definition) is 5. The van der Waals surface area contributed by atoms with Crippen molar-refractivity contribution >= 4 is 17.3 Å². The molecule has 0 fully saturated rings. The number of nitrogens with two attached hydrogens (primary N) is 1. The van der Waals surface area contributed by atoms with Crippen molar-refractivity contribution in [3.63, 3.8) is 0 Å². The molecule has 0 aliphatic rings. The largest absolute Gasteiger partial charge is 0.340 e. The molecule has 0 radical (unpaired) electrons. The third kappa shape index (κ3) is 3.03. The van der Waals surface area contributed by atoms with Crippen LogP contribution >= 0.6 is 0 Å². The van der Waals surface area contributed by atoms with E-state index in [1.165, 1.54) is 12.4 Å². The zero-order chi connectivity index (χ0) is 14.5. The first-order chi connectivity index (χ1) is 9.65. The molecule has 4 N–H and O–H groups in total. The Morgan fingerprint density at radius 1 is 1.25 bits per heavy atom. The van der Waals surface area contributed by atoms with Gasteiger partial charge in [-0.3, -0.25) is 0 Å². The molecule has 2 aromatic rings. The lowest BCUT2D eigenvalue weighted by atomic mass is 10.1. The molecule has 1 aromatic carbocycles. The fourth-order valence-corrected chi connectivity index (χ4v) is 1.99. The molecule has 5 nitrogen and oxygen atoms in total. The van der Waals surface area contributed by atoms with Crippen molar-refractivity contribution in [1.29, 1.82) is 0 Å². The van der Waals surface area contributed by atoms with Gasteiger partial charge < -0.3 is 10.7 Å². The van der Waals surface area contributed by atoms with Crippen LogP contribution in [0.15, 0.2) is 24.5 Å². The Labute approximate surface area is 117 Å². The van der Waals surface area contributed by atoms with E-state index in [0.29, 0.717) is 17.2 Å². The molecule has 6 heteroatoms. The van der Waals surface area contributed by atoms with Gasteiger partial charge in [-0.05, 0) is 37.1 Å². The van der Waals surface area contributed by atoms with E-state index in [-0.39, 0.29) is 5.82 Å². The third-order valence-electron chi connectivity index (χ3n) is 3.00. The van der Waals surface area contributed by atoms with E-state index < -0.39 is 0 Å². The number of nitrogen functional groups attached to an aromatic ring is 1. The molecule has 0 aliphatic heterocycles. The summed E-state index contributed by atoms with van der Waals surface area (Å²) in [5.41, 5.74) is 4.85. The zero-order valence-corrected chi connectivity index (χ0v) is 11.6. The highest BCUT2D eigenvalue weighted by atomic mass is 19.1. The summed E-state index contributed by atoms with van der Waals surface area (Å²) >= 11 is 0. The molecule has 0 aliphatic carbocycles. The molecule has 0 bridgehead atoms. The van der Waals surface area contributed by atoms with Crippen LogP contribution in [0.1, 0.15) is 24.5 Å². The van der Waals surface area contributed by atoms with Crippen LogP contribution in [0, 0.1) is 12.7 Å². The van der Waals surface area contributed by atoms with Gasteiger partial charge in [-0.25, -0.2) is 20.2 Å². The lowest BCUT2D eigenvalue weighted by Crippen LogP contribution is -2.13. The molecular formula is C14H18FN5. The molecule has 0 unspecified atom stereocenters. The highest BCUT2D eigenvalue weighted by Gasteiger charge is 2.10. The van der Waals surface area contributed by atoms with Crippen LogP contribution in [-0.4, -0.2) is 9.97 Å². The number of benzene rings is 1. The van der Waals surface area contributed by atoms with E-state index >= 15 is 0 Å². The Morgan fingerprint density at radius 2 is 2.00 bits per heavy atom. The molecule has 0 saturated heterocycles. The summed E-state index contributed by atoms with van der Waals surface area (Å²) in [5, 5.41) is 3.19. The van der Waals surface area contributed by atoms with Crippen molar-refractivity contribution in [2.75, 3.05) is 10.7 Å². The molecule has 106 valence electrons. The molecule has 0 saturated carbocycles. The second-order valence-corrected chi connectivity index (χ2v) is 4.53. The van der Waals surface area contributed by atoms with Crippen LogP contribution in [0.25, 0.3) is 0 Å². The Balaban J connectivity index is 2.34. The van der Waals surface area contributed by atoms with Crippen LogP contribution in [0.3, 0.4) is 0 Å². The topological polar surface area (TPSA) is 75.9 Å². The first-order valence-corrected chi connectivity index (χ1v) is 6.49. The maximum absolute atomic E-state index is 13.3. The predicted molar refractivity (Wildman–Crippen MR) is 78.3 cm³/mol. The predicted octanol–water partition coefficient (Wildman–Crippen LogP) is 2.91. The van der Waals surface area contributed by atoms with Crippen molar-refractivity contribution in [1.82, 2.24) is 9.97 Å². The van der Waals surface area contributed by atoms with Gasteiger partial charge in [0, 0.05) is 11.3 Å². The maximum Gasteiger partial charge on any atom is 0.148 e. The number of nitrogens with one attached hydrogen (secondary N) is 2. The van der Waals surface area contributed by atoms with E-state index in [2.05, 4.69) is 27.6 Å². The van der Waals surface area contributed by atoms with Gasteiger partial charge in [0.25, 0.3) is 0 Å². The van der Waals surface area contributed by atoms with Crippen molar-refractivity contribution in [3.8, 4) is 0 Å². The van der Waals surface area contributed by atoms with Crippen LogP contribution < -0.4 is 16.6 Å². The van der Waals surface area contributed by atoms with E-state index in [1.807, 2.05) is 0 Å². The lowest BCUT2D eigenvalue weighted by Gasteiger charge is -2.13. The first kappa shape index (κ1) is 14.2. The second-order valence-electron chi connectivity index (χ2n) is 4.53. The van der Waals surface area contributed by atoms with Gasteiger partial charge in [-0.2, -0.15) is 0 Å². The number of rotatable bonds is 5. The quantitative estimate of drug-likeness (QED) is 0.578. The van der Waals surface area contributed by atoms with E-state index in [9.17, 15) is 4.39 Å². The SMILES string of the molecule is CCCc1c(NN)ncnc1Nc1ccc(F)c(C)c1. The Kier molecular flexibility index (Phi) is 4.47. The van der Waals surface area contributed by atoms with Crippen LogP contribution in [0.4, 0.5) is 21.7 Å². The third-order valence-corrected chi connectivity index (χ3v) is 3.00. The number of hydrogen-bond donors (Lipinski definition) is 3. The molecule has 1 aromatic heterocycles. The normalized spacial score (nSPS) is 10.4. The van der Waals surface area contributed by atoms with Crippen molar-refractivity contribution in [2.45, 2.75) is 26.7 Å². The highest BCUT2D eigenvalue weighted by molar-refractivity contribution is 5.65. The van der Waals surface area contributed by atoms with Gasteiger partial charge in [0.05, 0.1) is 0 Å². The number of halogens is 1. The summed E-state index contributed by atoms with van der Waals surface area (Å²) in [6.45, 7) is 3.79. The van der Waals surface area contributed by atoms with E-state index in [0.717, 1.165) is 24.1 Å². The van der Waals surface area contributed by atoms with Crippen LogP contribution in [-0.2, 0) is 6.42 Å². The number of hydrazine groups is 1. The van der Waals surface area contributed by atoms with Crippen molar-refractivity contribution in [2.24, 2.45) is 5.84 Å². The summed E-state index contributed by atoms with van der Waals surface area (Å²) in [4.78, 5) is 8.34. The highest BCUT2D eigenvalue weighted by Crippen LogP contribution is 2.25.